The molecule has 1 aromatic carbocycles. The van der Waals surface area contributed by atoms with Crippen molar-refractivity contribution in [2.45, 2.75) is 24.8 Å². The summed E-state index contributed by atoms with van der Waals surface area (Å²) in [4.78, 5) is 8.50. The minimum absolute atomic E-state index is 0.425. The fourth-order valence-corrected chi connectivity index (χ4v) is 2.46. The molecule has 0 bridgehead atoms. The Balaban J connectivity index is 2.11. The third-order valence-electron chi connectivity index (χ3n) is 2.40. The topological polar surface area (TPSA) is 49.6 Å². The monoisotopic (exact) mass is 255 g/mol. The maximum atomic E-state index is 8.86. The summed E-state index contributed by atoms with van der Waals surface area (Å²) in [5, 5.41) is 9.52. The third kappa shape index (κ3) is 3.31. The Labute approximate surface area is 111 Å². The molecular weight excluding hydrogens is 242 g/mol. The minimum Gasteiger partial charge on any atom is -0.228 e. The van der Waals surface area contributed by atoms with Gasteiger partial charge in [-0.1, -0.05) is 41.6 Å². The number of hydrogen-bond acceptors (Lipinski definition) is 4. The highest BCUT2D eigenvalue weighted by molar-refractivity contribution is 7.98. The number of thioether (sulfide) groups is 1. The summed E-state index contributed by atoms with van der Waals surface area (Å²) in [6.45, 7) is 3.95. The second-order valence-electron chi connectivity index (χ2n) is 4.07. The van der Waals surface area contributed by atoms with Crippen molar-refractivity contribution < 1.29 is 0 Å². The minimum atomic E-state index is 0.425. The van der Waals surface area contributed by atoms with E-state index >= 15 is 0 Å². The molecule has 1 aromatic heterocycles. The van der Waals surface area contributed by atoms with Gasteiger partial charge < -0.3 is 0 Å². The number of benzene rings is 1. The van der Waals surface area contributed by atoms with Crippen molar-refractivity contribution in [3.63, 3.8) is 0 Å². The Morgan fingerprint density at radius 2 is 2.06 bits per heavy atom. The molecule has 0 fully saturated rings. The van der Waals surface area contributed by atoms with E-state index in [2.05, 4.69) is 41.2 Å². The molecule has 1 heterocycles. The lowest BCUT2D eigenvalue weighted by Gasteiger charge is -2.03. The van der Waals surface area contributed by atoms with Crippen molar-refractivity contribution in [3.8, 4) is 6.07 Å². The van der Waals surface area contributed by atoms with E-state index in [0.29, 0.717) is 10.9 Å². The molecule has 0 saturated heterocycles. The average molecular weight is 255 g/mol. The molecule has 18 heavy (non-hydrogen) atoms. The zero-order valence-electron chi connectivity index (χ0n) is 10.3. The van der Waals surface area contributed by atoms with E-state index in [4.69, 9.17) is 5.26 Å². The highest BCUT2D eigenvalue weighted by atomic mass is 32.2. The largest absolute Gasteiger partial charge is 0.228 e. The molecule has 0 atom stereocenters. The molecule has 0 aliphatic carbocycles. The predicted octanol–water partition coefficient (Wildman–Crippen LogP) is 3.26. The molecule has 0 aliphatic rings. The summed E-state index contributed by atoms with van der Waals surface area (Å²) >= 11 is 1.55. The summed E-state index contributed by atoms with van der Waals surface area (Å²) in [5.41, 5.74) is 3.74. The fourth-order valence-electron chi connectivity index (χ4n) is 1.61. The number of nitriles is 1. The van der Waals surface area contributed by atoms with Gasteiger partial charge in [0.05, 0.1) is 0 Å². The molecular formula is C14H13N3S. The van der Waals surface area contributed by atoms with Crippen molar-refractivity contribution in [3.05, 3.63) is 52.8 Å². The molecule has 4 heteroatoms. The highest BCUT2D eigenvalue weighted by Crippen LogP contribution is 2.20. The predicted molar refractivity (Wildman–Crippen MR) is 72.2 cm³/mol. The van der Waals surface area contributed by atoms with Crippen LogP contribution in [-0.2, 0) is 5.75 Å². The first kappa shape index (κ1) is 12.6. The maximum absolute atomic E-state index is 8.86. The Kier molecular flexibility index (Phi) is 3.96. The molecule has 3 nitrogen and oxygen atoms in total. The van der Waals surface area contributed by atoms with Gasteiger partial charge in [-0.05, 0) is 25.5 Å². The smallest absolute Gasteiger partial charge is 0.189 e. The van der Waals surface area contributed by atoms with Crippen LogP contribution in [-0.4, -0.2) is 9.97 Å². The molecule has 0 N–H and O–H groups in total. The standard InChI is InChI=1S/C14H13N3S/c1-10-4-3-5-12(6-10)9-18-14-16-11(2)7-13(8-15)17-14/h3-7H,9H2,1-2H3. The number of aryl methyl sites for hydroxylation is 2. The molecule has 0 unspecified atom stereocenters. The van der Waals surface area contributed by atoms with Gasteiger partial charge >= 0.3 is 0 Å². The van der Waals surface area contributed by atoms with Crippen LogP contribution in [0.15, 0.2) is 35.5 Å². The number of rotatable bonds is 3. The zero-order chi connectivity index (χ0) is 13.0. The molecule has 0 amide bonds. The number of nitrogens with zero attached hydrogens (tertiary/aromatic N) is 3. The quantitative estimate of drug-likeness (QED) is 0.624. The van der Waals surface area contributed by atoms with E-state index in [1.807, 2.05) is 13.0 Å². The summed E-state index contributed by atoms with van der Waals surface area (Å²) < 4.78 is 0. The summed E-state index contributed by atoms with van der Waals surface area (Å²) in [5.74, 6) is 0.815. The van der Waals surface area contributed by atoms with Crippen molar-refractivity contribution in [2.24, 2.45) is 0 Å². The first-order valence-corrected chi connectivity index (χ1v) is 6.60. The lowest BCUT2D eigenvalue weighted by Crippen LogP contribution is -1.94. The Morgan fingerprint density at radius 1 is 1.22 bits per heavy atom. The second kappa shape index (κ2) is 5.65. The summed E-state index contributed by atoms with van der Waals surface area (Å²) in [6.07, 6.45) is 0. The van der Waals surface area contributed by atoms with E-state index in [0.717, 1.165) is 11.4 Å². The Bertz CT molecular complexity index is 602. The van der Waals surface area contributed by atoms with Crippen LogP contribution in [0.2, 0.25) is 0 Å². The van der Waals surface area contributed by atoms with Gasteiger partial charge in [0.25, 0.3) is 0 Å². The van der Waals surface area contributed by atoms with Gasteiger partial charge in [-0.2, -0.15) is 5.26 Å². The van der Waals surface area contributed by atoms with E-state index in [1.54, 1.807) is 17.8 Å². The first-order valence-electron chi connectivity index (χ1n) is 5.61. The fraction of sp³-hybridized carbons (Fsp3) is 0.214. The van der Waals surface area contributed by atoms with Gasteiger partial charge in [-0.15, -0.1) is 0 Å². The number of aromatic nitrogens is 2. The van der Waals surface area contributed by atoms with E-state index < -0.39 is 0 Å². The highest BCUT2D eigenvalue weighted by Gasteiger charge is 2.03. The van der Waals surface area contributed by atoms with Gasteiger partial charge in [0.2, 0.25) is 0 Å². The first-order chi connectivity index (χ1) is 8.67. The third-order valence-corrected chi connectivity index (χ3v) is 3.32. The van der Waals surface area contributed by atoms with Crippen LogP contribution in [0.1, 0.15) is 22.5 Å². The van der Waals surface area contributed by atoms with Gasteiger partial charge in [0.1, 0.15) is 11.8 Å². The summed E-state index contributed by atoms with van der Waals surface area (Å²) in [7, 11) is 0. The van der Waals surface area contributed by atoms with Crippen LogP contribution in [0.4, 0.5) is 0 Å². The van der Waals surface area contributed by atoms with Crippen LogP contribution in [0.5, 0.6) is 0 Å². The normalized spacial score (nSPS) is 10.1. The second-order valence-corrected chi connectivity index (χ2v) is 5.01. The molecule has 2 aromatic rings. The summed E-state index contributed by atoms with van der Waals surface area (Å²) in [6, 6.07) is 12.1. The van der Waals surface area contributed by atoms with Crippen molar-refractivity contribution in [1.29, 1.82) is 5.26 Å². The van der Waals surface area contributed by atoms with Crippen LogP contribution in [0.3, 0.4) is 0 Å². The Morgan fingerprint density at radius 3 is 2.78 bits per heavy atom. The lowest BCUT2D eigenvalue weighted by atomic mass is 10.2. The van der Waals surface area contributed by atoms with E-state index in [-0.39, 0.29) is 0 Å². The molecule has 90 valence electrons. The molecule has 0 spiro atoms. The molecule has 0 saturated carbocycles. The molecule has 0 aliphatic heterocycles. The zero-order valence-corrected chi connectivity index (χ0v) is 11.2. The van der Waals surface area contributed by atoms with Crippen LogP contribution < -0.4 is 0 Å². The van der Waals surface area contributed by atoms with Gasteiger partial charge in [-0.25, -0.2) is 9.97 Å². The van der Waals surface area contributed by atoms with Crippen molar-refractivity contribution in [2.75, 3.05) is 0 Å². The van der Waals surface area contributed by atoms with Gasteiger partial charge in [-0.3, -0.25) is 0 Å². The molecule has 0 radical (unpaired) electrons. The lowest BCUT2D eigenvalue weighted by molar-refractivity contribution is 0.919. The van der Waals surface area contributed by atoms with Crippen LogP contribution >= 0.6 is 11.8 Å². The molecule has 2 rings (SSSR count). The maximum Gasteiger partial charge on any atom is 0.189 e. The number of hydrogen-bond donors (Lipinski definition) is 0. The van der Waals surface area contributed by atoms with E-state index in [1.165, 1.54) is 11.1 Å². The van der Waals surface area contributed by atoms with Crippen LogP contribution in [0.25, 0.3) is 0 Å². The van der Waals surface area contributed by atoms with Gasteiger partial charge in [0, 0.05) is 11.4 Å². The Hall–Kier alpha value is -1.86. The van der Waals surface area contributed by atoms with Crippen molar-refractivity contribution in [1.82, 2.24) is 9.97 Å². The average Bonchev–Trinajstić information content (AvgIpc) is 2.36. The van der Waals surface area contributed by atoms with E-state index in [9.17, 15) is 0 Å². The van der Waals surface area contributed by atoms with Crippen molar-refractivity contribution >= 4 is 11.8 Å². The SMILES string of the molecule is Cc1cccc(CSc2nc(C)cc(C#N)n2)c1. The van der Waals surface area contributed by atoms with Gasteiger partial charge in [0.15, 0.2) is 5.16 Å². The van der Waals surface area contributed by atoms with Crippen LogP contribution in [0, 0.1) is 25.2 Å².